The fourth-order valence-corrected chi connectivity index (χ4v) is 8.30. The number of rotatable bonds is 7. The highest BCUT2D eigenvalue weighted by molar-refractivity contribution is 5.85. The van der Waals surface area contributed by atoms with Crippen molar-refractivity contribution in [2.45, 2.75) is 63.8 Å². The zero-order valence-electron chi connectivity index (χ0n) is 24.9. The molecule has 43 heavy (non-hydrogen) atoms. The molecule has 5 aliphatic rings. The van der Waals surface area contributed by atoms with Crippen molar-refractivity contribution in [1.82, 2.24) is 19.7 Å². The van der Waals surface area contributed by atoms with E-state index in [1.165, 1.54) is 12.8 Å². The van der Waals surface area contributed by atoms with Crippen LogP contribution in [0.25, 0.3) is 0 Å². The van der Waals surface area contributed by atoms with Crippen molar-refractivity contribution in [3.8, 4) is 0 Å². The van der Waals surface area contributed by atoms with Gasteiger partial charge in [0, 0.05) is 64.8 Å². The predicted octanol–water partition coefficient (Wildman–Crippen LogP) is 3.99. The van der Waals surface area contributed by atoms with Crippen LogP contribution in [-0.4, -0.2) is 104 Å². The first-order valence-electron chi connectivity index (χ1n) is 15.8. The van der Waals surface area contributed by atoms with Crippen LogP contribution in [0.3, 0.4) is 0 Å². The highest BCUT2D eigenvalue weighted by Crippen LogP contribution is 2.54. The van der Waals surface area contributed by atoms with Gasteiger partial charge < -0.3 is 24.0 Å². The number of hydrogen-bond acceptors (Lipinski definition) is 7. The molecule has 0 N–H and O–H groups in total. The number of carbonyl (C=O) groups is 2. The highest BCUT2D eigenvalue weighted by atomic mass is 19.4. The lowest BCUT2D eigenvalue weighted by molar-refractivity contribution is -0.144. The second-order valence-corrected chi connectivity index (χ2v) is 13.1. The fourth-order valence-electron chi connectivity index (χ4n) is 8.30. The van der Waals surface area contributed by atoms with Gasteiger partial charge in [0.1, 0.15) is 6.61 Å². The zero-order chi connectivity index (χ0) is 30.2. The van der Waals surface area contributed by atoms with Gasteiger partial charge in [-0.25, -0.2) is 4.79 Å². The number of aromatic nitrogens is 1. The molecule has 12 heteroatoms. The van der Waals surface area contributed by atoms with Crippen molar-refractivity contribution in [3.63, 3.8) is 0 Å². The Kier molecular flexibility index (Phi) is 8.90. The highest BCUT2D eigenvalue weighted by Gasteiger charge is 2.60. The Labute approximate surface area is 251 Å². The summed E-state index contributed by atoms with van der Waals surface area (Å²) >= 11 is 0. The van der Waals surface area contributed by atoms with Crippen molar-refractivity contribution < 1.29 is 37.0 Å². The number of halogens is 3. The van der Waals surface area contributed by atoms with Crippen LogP contribution >= 0.6 is 0 Å². The van der Waals surface area contributed by atoms with Gasteiger partial charge >= 0.3 is 12.3 Å². The van der Waals surface area contributed by atoms with E-state index in [9.17, 15) is 22.8 Å². The molecule has 5 atom stereocenters. The van der Waals surface area contributed by atoms with Crippen LogP contribution in [-0.2, 0) is 38.1 Å². The van der Waals surface area contributed by atoms with Gasteiger partial charge in [0.15, 0.2) is 0 Å². The Balaban J connectivity index is 1.18. The van der Waals surface area contributed by atoms with Gasteiger partial charge in [-0.05, 0) is 81.0 Å². The average molecular weight is 609 g/mol. The summed E-state index contributed by atoms with van der Waals surface area (Å²) < 4.78 is 57.3. The second-order valence-electron chi connectivity index (χ2n) is 13.1. The molecule has 1 aliphatic carbocycles. The average Bonchev–Trinajstić information content (AvgIpc) is 3.72. The largest absolute Gasteiger partial charge is 0.448 e. The van der Waals surface area contributed by atoms with E-state index < -0.39 is 17.2 Å². The van der Waals surface area contributed by atoms with Gasteiger partial charge in [0.05, 0.1) is 23.7 Å². The van der Waals surface area contributed by atoms with Gasteiger partial charge in [-0.15, -0.1) is 0 Å². The predicted molar refractivity (Wildman–Crippen MR) is 150 cm³/mol. The number of fused-ring (bicyclic) bond motifs is 2. The van der Waals surface area contributed by atoms with E-state index in [1.807, 2.05) is 0 Å². The first kappa shape index (κ1) is 30.6. The van der Waals surface area contributed by atoms with E-state index in [1.54, 1.807) is 16.9 Å². The maximum absolute atomic E-state index is 14.5. The minimum atomic E-state index is -4.50. The number of methoxy groups -OCH3 is 1. The Morgan fingerprint density at radius 1 is 1.19 bits per heavy atom. The van der Waals surface area contributed by atoms with E-state index in [0.29, 0.717) is 75.4 Å². The summed E-state index contributed by atoms with van der Waals surface area (Å²) in [6.45, 7) is 5.58. The molecule has 1 saturated carbocycles. The van der Waals surface area contributed by atoms with E-state index in [2.05, 4.69) is 9.88 Å². The van der Waals surface area contributed by atoms with Crippen LogP contribution in [0, 0.1) is 23.2 Å². The number of likely N-dealkylation sites (tertiary alicyclic amines) is 2. The van der Waals surface area contributed by atoms with Crippen LogP contribution < -0.4 is 0 Å². The molecule has 2 unspecified atom stereocenters. The lowest BCUT2D eigenvalue weighted by Gasteiger charge is -2.37. The van der Waals surface area contributed by atoms with Crippen molar-refractivity contribution in [3.05, 3.63) is 29.1 Å². The summed E-state index contributed by atoms with van der Waals surface area (Å²) in [5.41, 5.74) is -0.530. The molecule has 3 saturated heterocycles. The zero-order valence-corrected chi connectivity index (χ0v) is 24.9. The Bertz CT molecular complexity index is 1180. The van der Waals surface area contributed by atoms with E-state index >= 15 is 0 Å². The van der Waals surface area contributed by atoms with Gasteiger partial charge in [0.25, 0.3) is 0 Å². The first-order valence-corrected chi connectivity index (χ1v) is 15.8. The standard InChI is InChI=1S/C31H43F3N4O5/c1-41-27-19-42-10-5-22(27)12-21-13-25-18-38(29(40)43-11-9-36-6-2-3-7-36)20-30(25,15-21)28(39)37-8-4-26-23(17-37)14-24(16-35-26)31(32,33)34/h14,16,21-22,25,27H,2-13,15,17-20H2,1H3/t21-,22?,25+,27?,30+/m1/s1. The molecular weight excluding hydrogens is 565 g/mol. The number of pyridine rings is 1. The van der Waals surface area contributed by atoms with Crippen molar-refractivity contribution in [2.75, 3.05) is 66.2 Å². The van der Waals surface area contributed by atoms with E-state index in [4.69, 9.17) is 14.2 Å². The van der Waals surface area contributed by atoms with Crippen LogP contribution in [0.5, 0.6) is 0 Å². The van der Waals surface area contributed by atoms with Crippen LogP contribution in [0.1, 0.15) is 55.3 Å². The van der Waals surface area contributed by atoms with Gasteiger partial charge in [-0.2, -0.15) is 13.2 Å². The third-order valence-corrected chi connectivity index (χ3v) is 10.5. The molecule has 0 radical (unpaired) electrons. The molecule has 0 spiro atoms. The van der Waals surface area contributed by atoms with Crippen LogP contribution in [0.4, 0.5) is 18.0 Å². The minimum Gasteiger partial charge on any atom is -0.448 e. The minimum absolute atomic E-state index is 0.0249. The van der Waals surface area contributed by atoms with Crippen molar-refractivity contribution in [2.24, 2.45) is 23.2 Å². The van der Waals surface area contributed by atoms with Gasteiger partial charge in [0.2, 0.25) is 5.91 Å². The van der Waals surface area contributed by atoms with Crippen molar-refractivity contribution in [1.29, 1.82) is 0 Å². The molecule has 9 nitrogen and oxygen atoms in total. The summed E-state index contributed by atoms with van der Waals surface area (Å²) in [5.74, 6) is 0.539. The molecule has 1 aromatic heterocycles. The number of carbonyl (C=O) groups excluding carboxylic acids is 2. The molecular formula is C31H43F3N4O5. The summed E-state index contributed by atoms with van der Waals surface area (Å²) in [6.07, 6.45) is 2.06. The second kappa shape index (κ2) is 12.5. The van der Waals surface area contributed by atoms with Gasteiger partial charge in [-0.1, -0.05) is 0 Å². The third kappa shape index (κ3) is 6.38. The molecule has 0 bridgehead atoms. The fraction of sp³-hybridized carbons (Fsp3) is 0.774. The summed E-state index contributed by atoms with van der Waals surface area (Å²) in [7, 11) is 1.71. The lowest BCUT2D eigenvalue weighted by atomic mass is 9.78. The maximum Gasteiger partial charge on any atom is 0.417 e. The number of ether oxygens (including phenoxy) is 3. The number of nitrogens with zero attached hydrogens (tertiary/aromatic N) is 4. The third-order valence-electron chi connectivity index (χ3n) is 10.5. The summed E-state index contributed by atoms with van der Waals surface area (Å²) in [6, 6.07) is 1.13. The molecule has 4 aliphatic heterocycles. The molecule has 1 aromatic rings. The smallest absolute Gasteiger partial charge is 0.417 e. The van der Waals surface area contributed by atoms with E-state index in [-0.39, 0.29) is 37.1 Å². The van der Waals surface area contributed by atoms with Crippen molar-refractivity contribution >= 4 is 12.0 Å². The normalized spacial score (nSPS) is 31.3. The quantitative estimate of drug-likeness (QED) is 0.463. The maximum atomic E-state index is 14.5. The summed E-state index contributed by atoms with van der Waals surface area (Å²) in [5, 5.41) is 0. The Hall–Kier alpha value is -2.44. The Morgan fingerprint density at radius 3 is 2.77 bits per heavy atom. The van der Waals surface area contributed by atoms with E-state index in [0.717, 1.165) is 44.6 Å². The first-order chi connectivity index (χ1) is 20.7. The molecule has 6 rings (SSSR count). The van der Waals surface area contributed by atoms with Crippen LogP contribution in [0.2, 0.25) is 0 Å². The number of alkyl halides is 3. The van der Waals surface area contributed by atoms with Gasteiger partial charge in [-0.3, -0.25) is 14.7 Å². The molecule has 238 valence electrons. The molecule has 4 fully saturated rings. The molecule has 5 heterocycles. The number of hydrogen-bond donors (Lipinski definition) is 0. The lowest BCUT2D eigenvalue weighted by Crippen LogP contribution is -2.49. The monoisotopic (exact) mass is 608 g/mol. The Morgan fingerprint density at radius 2 is 2.00 bits per heavy atom. The molecule has 0 aromatic carbocycles. The van der Waals surface area contributed by atoms with Crippen LogP contribution in [0.15, 0.2) is 12.3 Å². The SMILES string of the molecule is COC1COCCC1C[C@@H]1C[C@H]2CN(C(=O)OCCN3CCCC3)C[C@@]2(C(=O)N2CCc3ncc(C(F)(F)F)cc3C2)C1. The topological polar surface area (TPSA) is 84.4 Å². The number of amides is 2. The molecule has 2 amide bonds. The summed E-state index contributed by atoms with van der Waals surface area (Å²) in [4.78, 5) is 37.4.